The van der Waals surface area contributed by atoms with Crippen molar-refractivity contribution in [2.45, 2.75) is 39.3 Å². The lowest BCUT2D eigenvalue weighted by molar-refractivity contribution is -0.119. The first kappa shape index (κ1) is 26.0. The van der Waals surface area contributed by atoms with Gasteiger partial charge in [0.25, 0.3) is 5.56 Å². The van der Waals surface area contributed by atoms with E-state index in [1.165, 1.54) is 26.6 Å². The summed E-state index contributed by atoms with van der Waals surface area (Å²) < 4.78 is 1.84. The van der Waals surface area contributed by atoms with E-state index in [1.54, 1.807) is 25.5 Å². The highest BCUT2D eigenvalue weighted by atomic mass is 16.2. The second kappa shape index (κ2) is 10.3. The van der Waals surface area contributed by atoms with E-state index in [4.69, 9.17) is 5.73 Å². The van der Waals surface area contributed by atoms with Crippen molar-refractivity contribution in [1.29, 1.82) is 0 Å². The minimum Gasteiger partial charge on any atom is -0.383 e. The highest BCUT2D eigenvalue weighted by Gasteiger charge is 2.45. The van der Waals surface area contributed by atoms with Crippen molar-refractivity contribution in [3.05, 3.63) is 45.6 Å². The molecule has 3 atom stereocenters. The first-order chi connectivity index (χ1) is 18.7. The Bertz CT molecular complexity index is 1540. The van der Waals surface area contributed by atoms with E-state index in [-0.39, 0.29) is 36.1 Å². The van der Waals surface area contributed by atoms with Gasteiger partial charge in [0.05, 0.1) is 24.6 Å². The molecular weight excluding hydrogens is 504 g/mol. The standard InChI is InChI=1S/C25H30N10O4/c1-4-17(36)12-35-23(38)20(21(26)33(3)25(35)39)30-13(2)22(37)32-19-9-27-8-18(31-19)16-6-28-24(29-7-16)34-10-14-5-15(14)11-34/h6-9,13-15,30H,4-5,10-12,26H2,1-3H3,(H,31,32,37)/t13-,14?,15?/m0/s1. The Balaban J connectivity index is 1.28. The minimum absolute atomic E-state index is 0.152. The first-order valence-corrected chi connectivity index (χ1v) is 12.7. The molecule has 1 amide bonds. The lowest BCUT2D eigenvalue weighted by Crippen LogP contribution is -2.44. The quantitative estimate of drug-likeness (QED) is 0.342. The van der Waals surface area contributed by atoms with Crippen molar-refractivity contribution < 1.29 is 9.59 Å². The molecular formula is C25H30N10O4. The van der Waals surface area contributed by atoms with Crippen LogP contribution in [-0.2, 0) is 23.2 Å². The van der Waals surface area contributed by atoms with E-state index in [9.17, 15) is 19.2 Å². The third kappa shape index (κ3) is 5.22. The van der Waals surface area contributed by atoms with Crippen LogP contribution >= 0.6 is 0 Å². The fraction of sp³-hybridized carbons (Fsp3) is 0.440. The molecule has 2 unspecified atom stereocenters. The van der Waals surface area contributed by atoms with Gasteiger partial charge < -0.3 is 21.3 Å². The molecule has 1 aliphatic heterocycles. The van der Waals surface area contributed by atoms with Gasteiger partial charge in [0, 0.05) is 44.5 Å². The van der Waals surface area contributed by atoms with Gasteiger partial charge in [-0.25, -0.2) is 19.7 Å². The van der Waals surface area contributed by atoms with E-state index >= 15 is 0 Å². The van der Waals surface area contributed by atoms with Crippen LogP contribution in [0.15, 0.2) is 34.4 Å². The number of fused-ring (bicyclic) bond motifs is 1. The number of nitrogens with two attached hydrogens (primary N) is 1. The van der Waals surface area contributed by atoms with Crippen molar-refractivity contribution in [3.63, 3.8) is 0 Å². The highest BCUT2D eigenvalue weighted by Crippen LogP contribution is 2.45. The summed E-state index contributed by atoms with van der Waals surface area (Å²) >= 11 is 0. The molecule has 3 aromatic rings. The first-order valence-electron chi connectivity index (χ1n) is 12.7. The Hall–Kier alpha value is -4.62. The molecule has 0 bridgehead atoms. The number of nitrogens with one attached hydrogen (secondary N) is 2. The maximum Gasteiger partial charge on any atom is 0.332 e. The predicted molar refractivity (Wildman–Crippen MR) is 144 cm³/mol. The van der Waals surface area contributed by atoms with E-state index in [0.29, 0.717) is 17.2 Å². The third-order valence-electron chi connectivity index (χ3n) is 7.16. The van der Waals surface area contributed by atoms with E-state index < -0.39 is 23.2 Å². The maximum atomic E-state index is 12.9. The molecule has 4 heterocycles. The van der Waals surface area contributed by atoms with Crippen molar-refractivity contribution in [2.75, 3.05) is 34.4 Å². The molecule has 2 fully saturated rings. The molecule has 0 spiro atoms. The number of carbonyl (C=O) groups excluding carboxylic acids is 2. The van der Waals surface area contributed by atoms with E-state index in [1.807, 2.05) is 0 Å². The Morgan fingerprint density at radius 2 is 1.82 bits per heavy atom. The highest BCUT2D eigenvalue weighted by molar-refractivity contribution is 5.96. The van der Waals surface area contributed by atoms with Gasteiger partial charge in [-0.05, 0) is 25.2 Å². The molecule has 1 aliphatic carbocycles. The molecule has 5 rings (SSSR count). The normalized spacial score (nSPS) is 18.4. The molecule has 14 heteroatoms. The summed E-state index contributed by atoms with van der Waals surface area (Å²) in [7, 11) is 1.38. The van der Waals surface area contributed by atoms with Gasteiger partial charge in [-0.15, -0.1) is 0 Å². The molecule has 4 N–H and O–H groups in total. The van der Waals surface area contributed by atoms with Crippen LogP contribution in [0.2, 0.25) is 0 Å². The summed E-state index contributed by atoms with van der Waals surface area (Å²) in [5.74, 6) is 1.46. The smallest absolute Gasteiger partial charge is 0.332 e. The second-order valence-corrected chi connectivity index (χ2v) is 9.96. The number of nitrogens with zero attached hydrogens (tertiary/aromatic N) is 7. The van der Waals surface area contributed by atoms with Gasteiger partial charge in [-0.3, -0.25) is 28.5 Å². The number of rotatable bonds is 9. The fourth-order valence-corrected chi connectivity index (χ4v) is 4.61. The number of anilines is 4. The van der Waals surface area contributed by atoms with E-state index in [2.05, 4.69) is 35.5 Å². The van der Waals surface area contributed by atoms with Crippen LogP contribution in [0.3, 0.4) is 0 Å². The Morgan fingerprint density at radius 3 is 2.49 bits per heavy atom. The number of piperidine rings is 1. The summed E-state index contributed by atoms with van der Waals surface area (Å²) in [4.78, 5) is 70.0. The monoisotopic (exact) mass is 534 g/mol. The second-order valence-electron chi connectivity index (χ2n) is 9.96. The summed E-state index contributed by atoms with van der Waals surface area (Å²) in [6.07, 6.45) is 7.77. The average Bonchev–Trinajstić information content (AvgIpc) is 3.56. The third-order valence-corrected chi connectivity index (χ3v) is 7.16. The summed E-state index contributed by atoms with van der Waals surface area (Å²) in [6, 6.07) is -0.951. The zero-order valence-corrected chi connectivity index (χ0v) is 21.9. The molecule has 39 heavy (non-hydrogen) atoms. The number of carbonyl (C=O) groups is 2. The van der Waals surface area contributed by atoms with Crippen molar-refractivity contribution in [1.82, 2.24) is 29.1 Å². The van der Waals surface area contributed by atoms with Crippen LogP contribution in [-0.4, -0.2) is 59.9 Å². The number of nitrogen functional groups attached to an aromatic ring is 1. The van der Waals surface area contributed by atoms with Crippen LogP contribution in [0.5, 0.6) is 0 Å². The van der Waals surface area contributed by atoms with Crippen LogP contribution in [0.1, 0.15) is 26.7 Å². The SMILES string of the molecule is CCC(=O)Cn1c(=O)c(N[C@@H](C)C(=O)Nc2cncc(-c3cnc(N4CC5CC5C4)nc3)n2)c(N)n(C)c1=O. The van der Waals surface area contributed by atoms with Gasteiger partial charge in [0.2, 0.25) is 11.9 Å². The molecule has 0 radical (unpaired) electrons. The fourth-order valence-electron chi connectivity index (χ4n) is 4.61. The molecule has 1 saturated heterocycles. The van der Waals surface area contributed by atoms with Crippen LogP contribution in [0, 0.1) is 11.8 Å². The lowest BCUT2D eigenvalue weighted by Gasteiger charge is -2.18. The number of ketones is 1. The number of amides is 1. The molecule has 14 nitrogen and oxygen atoms in total. The lowest BCUT2D eigenvalue weighted by atomic mass is 10.2. The molecule has 1 saturated carbocycles. The maximum absolute atomic E-state index is 12.9. The predicted octanol–water partition coefficient (Wildman–Crippen LogP) is 0.251. The van der Waals surface area contributed by atoms with Gasteiger partial charge in [0.1, 0.15) is 17.5 Å². The van der Waals surface area contributed by atoms with Crippen molar-refractivity contribution >= 4 is 35.0 Å². The zero-order valence-electron chi connectivity index (χ0n) is 21.9. The van der Waals surface area contributed by atoms with Gasteiger partial charge in [-0.2, -0.15) is 0 Å². The van der Waals surface area contributed by atoms with Crippen molar-refractivity contribution in [3.8, 4) is 11.3 Å². The van der Waals surface area contributed by atoms with Crippen LogP contribution in [0.4, 0.5) is 23.3 Å². The summed E-state index contributed by atoms with van der Waals surface area (Å²) in [6.45, 7) is 4.76. The van der Waals surface area contributed by atoms with Gasteiger partial charge >= 0.3 is 5.69 Å². The Labute approximate surface area is 223 Å². The molecule has 2 aliphatic rings. The van der Waals surface area contributed by atoms with Crippen molar-refractivity contribution in [2.24, 2.45) is 18.9 Å². The topological polar surface area (TPSA) is 183 Å². The number of Topliss-reactive ketones (excluding diaryl/α,β-unsaturated/α-hetero) is 1. The van der Waals surface area contributed by atoms with Gasteiger partial charge in [0.15, 0.2) is 11.6 Å². The summed E-state index contributed by atoms with van der Waals surface area (Å²) in [5.41, 5.74) is 5.47. The molecule has 204 valence electrons. The Morgan fingerprint density at radius 1 is 1.13 bits per heavy atom. The molecule has 3 aromatic heterocycles. The Kier molecular flexibility index (Phi) is 6.85. The minimum atomic E-state index is -0.951. The zero-order chi connectivity index (χ0) is 27.8. The molecule has 0 aromatic carbocycles. The number of hydrogen-bond acceptors (Lipinski definition) is 11. The largest absolute Gasteiger partial charge is 0.383 e. The average molecular weight is 535 g/mol. The van der Waals surface area contributed by atoms with Crippen LogP contribution < -0.4 is 32.5 Å². The number of hydrogen-bond donors (Lipinski definition) is 3. The van der Waals surface area contributed by atoms with Crippen LogP contribution in [0.25, 0.3) is 11.3 Å². The summed E-state index contributed by atoms with van der Waals surface area (Å²) in [5, 5.41) is 5.43. The van der Waals surface area contributed by atoms with Gasteiger partial charge in [-0.1, -0.05) is 6.92 Å². The number of aromatic nitrogens is 6. The van der Waals surface area contributed by atoms with E-state index in [0.717, 1.165) is 34.1 Å².